The average Bonchev–Trinajstić information content (AvgIpc) is 2.87. The van der Waals surface area contributed by atoms with Gasteiger partial charge in [-0.1, -0.05) is 0 Å². The van der Waals surface area contributed by atoms with Crippen LogP contribution in [0.15, 0.2) is 12.3 Å². The van der Waals surface area contributed by atoms with Gasteiger partial charge in [-0.05, 0) is 31.9 Å². The molecule has 0 saturated carbocycles. The second-order valence-corrected chi connectivity index (χ2v) is 8.56. The summed E-state index contributed by atoms with van der Waals surface area (Å²) in [6.45, 7) is 3.94. The fourth-order valence-corrected chi connectivity index (χ4v) is 5.39. The van der Waals surface area contributed by atoms with E-state index >= 15 is 0 Å². The number of aryl methyl sites for hydroxylation is 2. The number of rotatable bonds is 3. The Balaban J connectivity index is 2.22. The predicted octanol–water partition coefficient (Wildman–Crippen LogP) is 2.05. The second-order valence-electron chi connectivity index (χ2n) is 6.00. The van der Waals surface area contributed by atoms with E-state index in [2.05, 4.69) is 9.97 Å². The Labute approximate surface area is 129 Å². The maximum atomic E-state index is 11.9. The zero-order valence-electron chi connectivity index (χ0n) is 12.1. The molecule has 3 heterocycles. The molecule has 2 aromatic rings. The topological polar surface area (TPSA) is 64.8 Å². The van der Waals surface area contributed by atoms with E-state index in [-0.39, 0.29) is 11.5 Å². The fraction of sp³-hybridized carbons (Fsp3) is 0.571. The first kappa shape index (κ1) is 14.8. The molecule has 1 saturated heterocycles. The number of hydrogen-bond acceptors (Lipinski definition) is 4. The molecule has 0 bridgehead atoms. The van der Waals surface area contributed by atoms with Crippen molar-refractivity contribution in [3.63, 3.8) is 0 Å². The summed E-state index contributed by atoms with van der Waals surface area (Å²) in [6, 6.07) is 1.98. The largest absolute Gasteiger partial charge is 0.306 e. The van der Waals surface area contributed by atoms with E-state index in [1.54, 1.807) is 6.20 Å². The highest BCUT2D eigenvalue weighted by Gasteiger charge is 2.42. The lowest BCUT2D eigenvalue weighted by Crippen LogP contribution is -2.33. The molecular formula is C14H18ClN3O2S. The van der Waals surface area contributed by atoms with Gasteiger partial charge in [-0.25, -0.2) is 18.4 Å². The van der Waals surface area contributed by atoms with Gasteiger partial charge in [0.2, 0.25) is 0 Å². The average molecular weight is 328 g/mol. The molecule has 3 rings (SSSR count). The van der Waals surface area contributed by atoms with Gasteiger partial charge in [0.1, 0.15) is 11.3 Å². The van der Waals surface area contributed by atoms with Crippen molar-refractivity contribution in [2.45, 2.75) is 32.2 Å². The molecule has 1 fully saturated rings. The third-order valence-corrected chi connectivity index (χ3v) is 6.12. The molecule has 21 heavy (non-hydrogen) atoms. The van der Waals surface area contributed by atoms with E-state index in [1.807, 2.05) is 24.5 Å². The number of fused-ring (bicyclic) bond motifs is 1. The molecule has 1 aliphatic rings. The van der Waals surface area contributed by atoms with Crippen molar-refractivity contribution in [1.29, 1.82) is 0 Å². The molecule has 0 amide bonds. The van der Waals surface area contributed by atoms with Crippen LogP contribution in [-0.4, -0.2) is 40.3 Å². The molecule has 0 N–H and O–H groups in total. The number of nitrogens with zero attached hydrogens (tertiary/aromatic N) is 3. The molecule has 0 radical (unpaired) electrons. The zero-order valence-corrected chi connectivity index (χ0v) is 13.7. The number of sulfone groups is 1. The Morgan fingerprint density at radius 3 is 2.86 bits per heavy atom. The Bertz CT molecular complexity index is 800. The SMILES string of the molecule is Cc1cnc2c(c1)nc(CCCl)n2C1(C)CCS(=O)(=O)C1. The van der Waals surface area contributed by atoms with Crippen molar-refractivity contribution in [1.82, 2.24) is 14.5 Å². The third kappa shape index (κ3) is 2.55. The maximum absolute atomic E-state index is 11.9. The lowest BCUT2D eigenvalue weighted by molar-refractivity contribution is 0.363. The van der Waals surface area contributed by atoms with Crippen LogP contribution in [0.5, 0.6) is 0 Å². The van der Waals surface area contributed by atoms with Crippen LogP contribution >= 0.6 is 11.6 Å². The molecule has 0 spiro atoms. The number of pyridine rings is 1. The third-order valence-electron chi connectivity index (χ3n) is 4.04. The quantitative estimate of drug-likeness (QED) is 0.809. The van der Waals surface area contributed by atoms with Gasteiger partial charge in [0.15, 0.2) is 15.5 Å². The Hall–Kier alpha value is -1.14. The summed E-state index contributed by atoms with van der Waals surface area (Å²) in [6.07, 6.45) is 2.98. The molecule has 5 nitrogen and oxygen atoms in total. The van der Waals surface area contributed by atoms with Crippen molar-refractivity contribution in [2.24, 2.45) is 0 Å². The molecule has 1 atom stereocenters. The highest BCUT2D eigenvalue weighted by atomic mass is 35.5. The minimum Gasteiger partial charge on any atom is -0.306 e. The van der Waals surface area contributed by atoms with Crippen molar-refractivity contribution in [2.75, 3.05) is 17.4 Å². The Morgan fingerprint density at radius 2 is 2.24 bits per heavy atom. The van der Waals surface area contributed by atoms with Gasteiger partial charge in [-0.15, -0.1) is 11.6 Å². The molecule has 1 unspecified atom stereocenters. The van der Waals surface area contributed by atoms with E-state index in [4.69, 9.17) is 11.6 Å². The lowest BCUT2D eigenvalue weighted by atomic mass is 10.0. The van der Waals surface area contributed by atoms with Crippen molar-refractivity contribution < 1.29 is 8.42 Å². The highest BCUT2D eigenvalue weighted by Crippen LogP contribution is 2.34. The van der Waals surface area contributed by atoms with Crippen LogP contribution in [0, 0.1) is 6.92 Å². The molecule has 1 aliphatic heterocycles. The Morgan fingerprint density at radius 1 is 1.48 bits per heavy atom. The summed E-state index contributed by atoms with van der Waals surface area (Å²) < 4.78 is 25.8. The van der Waals surface area contributed by atoms with Crippen LogP contribution in [0.4, 0.5) is 0 Å². The van der Waals surface area contributed by atoms with E-state index in [0.29, 0.717) is 18.7 Å². The molecular weight excluding hydrogens is 310 g/mol. The first-order valence-corrected chi connectivity index (χ1v) is 9.31. The van der Waals surface area contributed by atoms with Gasteiger partial charge in [-0.2, -0.15) is 0 Å². The van der Waals surface area contributed by atoms with Crippen molar-refractivity contribution >= 4 is 32.6 Å². The van der Waals surface area contributed by atoms with Crippen LogP contribution in [0.3, 0.4) is 0 Å². The molecule has 7 heteroatoms. The van der Waals surface area contributed by atoms with Gasteiger partial charge in [0, 0.05) is 18.5 Å². The molecule has 114 valence electrons. The fourth-order valence-electron chi connectivity index (χ4n) is 3.10. The first-order chi connectivity index (χ1) is 9.85. The predicted molar refractivity (Wildman–Crippen MR) is 83.6 cm³/mol. The van der Waals surface area contributed by atoms with Crippen LogP contribution < -0.4 is 0 Å². The standard InChI is InChI=1S/C14H18ClN3O2S/c1-10-7-11-13(16-8-10)18(12(17-11)3-5-15)14(2)4-6-21(19,20)9-14/h7-8H,3-6,9H2,1-2H3. The van der Waals surface area contributed by atoms with Crippen molar-refractivity contribution in [3.8, 4) is 0 Å². The lowest BCUT2D eigenvalue weighted by Gasteiger charge is -2.26. The summed E-state index contributed by atoms with van der Waals surface area (Å²) in [5, 5.41) is 0. The Kier molecular flexibility index (Phi) is 3.48. The van der Waals surface area contributed by atoms with Crippen LogP contribution in [-0.2, 0) is 21.8 Å². The van der Waals surface area contributed by atoms with Gasteiger partial charge in [0.05, 0.1) is 17.0 Å². The minimum atomic E-state index is -3.00. The number of imidazole rings is 1. The summed E-state index contributed by atoms with van der Waals surface area (Å²) in [5.41, 5.74) is 2.10. The van der Waals surface area contributed by atoms with Crippen LogP contribution in [0.25, 0.3) is 11.2 Å². The molecule has 0 aromatic carbocycles. The normalized spacial score (nSPS) is 24.7. The van der Waals surface area contributed by atoms with E-state index in [9.17, 15) is 8.42 Å². The smallest absolute Gasteiger partial charge is 0.160 e. The van der Waals surface area contributed by atoms with Crippen LogP contribution in [0.2, 0.25) is 0 Å². The van der Waals surface area contributed by atoms with Gasteiger partial charge >= 0.3 is 0 Å². The first-order valence-electron chi connectivity index (χ1n) is 6.95. The van der Waals surface area contributed by atoms with Gasteiger partial charge < -0.3 is 4.57 Å². The summed E-state index contributed by atoms with van der Waals surface area (Å²) >= 11 is 5.88. The number of aromatic nitrogens is 3. The maximum Gasteiger partial charge on any atom is 0.160 e. The highest BCUT2D eigenvalue weighted by molar-refractivity contribution is 7.91. The molecule has 0 aliphatic carbocycles. The number of alkyl halides is 1. The van der Waals surface area contributed by atoms with Gasteiger partial charge in [-0.3, -0.25) is 0 Å². The van der Waals surface area contributed by atoms with E-state index in [0.717, 1.165) is 22.6 Å². The number of hydrogen-bond donors (Lipinski definition) is 0. The van der Waals surface area contributed by atoms with Gasteiger partial charge in [0.25, 0.3) is 0 Å². The molecule has 2 aromatic heterocycles. The van der Waals surface area contributed by atoms with Crippen LogP contribution in [0.1, 0.15) is 24.7 Å². The zero-order chi connectivity index (χ0) is 15.3. The second kappa shape index (κ2) is 4.95. The summed E-state index contributed by atoms with van der Waals surface area (Å²) in [5.74, 6) is 1.62. The number of halogens is 1. The van der Waals surface area contributed by atoms with E-state index < -0.39 is 15.4 Å². The summed E-state index contributed by atoms with van der Waals surface area (Å²) in [7, 11) is -3.00. The summed E-state index contributed by atoms with van der Waals surface area (Å²) in [4.78, 5) is 9.11. The monoisotopic (exact) mass is 327 g/mol. The van der Waals surface area contributed by atoms with E-state index in [1.165, 1.54) is 0 Å². The minimum absolute atomic E-state index is 0.135. The van der Waals surface area contributed by atoms with Crippen molar-refractivity contribution in [3.05, 3.63) is 23.7 Å².